The van der Waals surface area contributed by atoms with Gasteiger partial charge in [-0.05, 0) is 47.9 Å². The number of carbonyl (C=O) groups excluding carboxylic acids is 1. The van der Waals surface area contributed by atoms with Crippen LogP contribution in [0.25, 0.3) is 22.1 Å². The average Bonchev–Trinajstić information content (AvgIpc) is 3.33. The summed E-state index contributed by atoms with van der Waals surface area (Å²) < 4.78 is 16.7. The largest absolute Gasteiger partial charge is 0.497 e. The highest BCUT2D eigenvalue weighted by Gasteiger charge is 2.23. The van der Waals surface area contributed by atoms with Gasteiger partial charge in [0.1, 0.15) is 23.1 Å². The Hall–Kier alpha value is -4.26. The fraction of sp³-hybridized carbons (Fsp3) is 0.241. The van der Waals surface area contributed by atoms with Gasteiger partial charge in [-0.15, -0.1) is 0 Å². The maximum Gasteiger partial charge on any atom is 0.326 e. The molecule has 0 aliphatic carbocycles. The summed E-state index contributed by atoms with van der Waals surface area (Å²) in [5.41, 5.74) is 3.25. The van der Waals surface area contributed by atoms with Gasteiger partial charge in [-0.2, -0.15) is 0 Å². The number of para-hydroxylation sites is 1. The van der Waals surface area contributed by atoms with Crippen molar-refractivity contribution in [3.05, 3.63) is 84.1 Å². The van der Waals surface area contributed by atoms with Crippen LogP contribution >= 0.6 is 0 Å². The van der Waals surface area contributed by atoms with E-state index in [0.717, 1.165) is 35.3 Å². The van der Waals surface area contributed by atoms with E-state index in [9.17, 15) is 14.7 Å². The molecule has 4 rings (SSSR count). The molecule has 0 radical (unpaired) electrons. The zero-order valence-electron chi connectivity index (χ0n) is 20.3. The maximum atomic E-state index is 12.7. The van der Waals surface area contributed by atoms with E-state index in [4.69, 9.17) is 13.9 Å². The van der Waals surface area contributed by atoms with Crippen molar-refractivity contribution < 1.29 is 28.6 Å². The third kappa shape index (κ3) is 5.86. The summed E-state index contributed by atoms with van der Waals surface area (Å²) in [5.74, 6) is -0.221. The number of ether oxygens (including phenoxy) is 2. The standard InChI is InChI=1S/C29H29NO6/c1-3-4-15-35-26-8-6-5-7-23(26)20-11-9-19(10-12-20)16-24(29(32)33)30-28(31)27-18-21-17-22(34-2)13-14-25(21)36-27/h5-14,17-18,24H,3-4,15-16H2,1-2H3,(H,30,31)(H,32,33). The predicted octanol–water partition coefficient (Wildman–Crippen LogP) is 5.71. The summed E-state index contributed by atoms with van der Waals surface area (Å²) in [5, 5.41) is 13.0. The highest BCUT2D eigenvalue weighted by atomic mass is 16.5. The average molecular weight is 488 g/mol. The molecular weight excluding hydrogens is 458 g/mol. The number of carbonyl (C=O) groups is 2. The van der Waals surface area contributed by atoms with Crippen LogP contribution in [0.2, 0.25) is 0 Å². The van der Waals surface area contributed by atoms with E-state index in [1.54, 1.807) is 31.4 Å². The zero-order valence-corrected chi connectivity index (χ0v) is 20.3. The number of hydrogen-bond donors (Lipinski definition) is 2. The lowest BCUT2D eigenvalue weighted by atomic mass is 10.00. The van der Waals surface area contributed by atoms with Crippen molar-refractivity contribution in [2.24, 2.45) is 0 Å². The van der Waals surface area contributed by atoms with E-state index in [-0.39, 0.29) is 12.2 Å². The van der Waals surface area contributed by atoms with E-state index in [2.05, 4.69) is 12.2 Å². The molecule has 1 heterocycles. The molecule has 0 saturated heterocycles. The minimum Gasteiger partial charge on any atom is -0.497 e. The van der Waals surface area contributed by atoms with Gasteiger partial charge in [0.25, 0.3) is 5.91 Å². The Morgan fingerprint density at radius 3 is 2.53 bits per heavy atom. The van der Waals surface area contributed by atoms with Gasteiger partial charge >= 0.3 is 5.97 Å². The first-order valence-corrected chi connectivity index (χ1v) is 11.9. The Bertz CT molecular complexity index is 1340. The lowest BCUT2D eigenvalue weighted by molar-refractivity contribution is -0.139. The third-order valence-electron chi connectivity index (χ3n) is 5.90. The number of benzene rings is 3. The van der Waals surface area contributed by atoms with Crippen molar-refractivity contribution in [2.45, 2.75) is 32.2 Å². The first kappa shape index (κ1) is 24.9. The van der Waals surface area contributed by atoms with Gasteiger partial charge in [0.15, 0.2) is 5.76 Å². The number of methoxy groups -OCH3 is 1. The second-order valence-corrected chi connectivity index (χ2v) is 8.48. The van der Waals surface area contributed by atoms with Crippen molar-refractivity contribution >= 4 is 22.8 Å². The van der Waals surface area contributed by atoms with Crippen LogP contribution in [-0.2, 0) is 11.2 Å². The number of amides is 1. The molecule has 0 aliphatic heterocycles. The van der Waals surface area contributed by atoms with Crippen LogP contribution in [-0.4, -0.2) is 36.7 Å². The molecular formula is C29H29NO6. The van der Waals surface area contributed by atoms with E-state index >= 15 is 0 Å². The fourth-order valence-corrected chi connectivity index (χ4v) is 3.90. The van der Waals surface area contributed by atoms with Gasteiger partial charge in [0.05, 0.1) is 13.7 Å². The number of carboxylic acid groups (broad SMARTS) is 1. The maximum absolute atomic E-state index is 12.7. The van der Waals surface area contributed by atoms with Crippen molar-refractivity contribution in [3.8, 4) is 22.6 Å². The topological polar surface area (TPSA) is 98.0 Å². The number of nitrogens with one attached hydrogen (secondary N) is 1. The lowest BCUT2D eigenvalue weighted by Crippen LogP contribution is -2.42. The molecule has 2 N–H and O–H groups in total. The highest BCUT2D eigenvalue weighted by molar-refractivity contribution is 5.98. The molecule has 1 unspecified atom stereocenters. The monoisotopic (exact) mass is 487 g/mol. The minimum absolute atomic E-state index is 0.0412. The van der Waals surface area contributed by atoms with Crippen LogP contribution in [0.3, 0.4) is 0 Å². The normalized spacial score (nSPS) is 11.7. The van der Waals surface area contributed by atoms with Gasteiger partial charge in [-0.3, -0.25) is 4.79 Å². The molecule has 0 saturated carbocycles. The molecule has 0 aliphatic rings. The number of hydrogen-bond acceptors (Lipinski definition) is 5. The van der Waals surface area contributed by atoms with Gasteiger partial charge in [0.2, 0.25) is 0 Å². The third-order valence-corrected chi connectivity index (χ3v) is 5.90. The molecule has 0 fully saturated rings. The van der Waals surface area contributed by atoms with Crippen LogP contribution in [0.1, 0.15) is 35.9 Å². The summed E-state index contributed by atoms with van der Waals surface area (Å²) >= 11 is 0. The van der Waals surface area contributed by atoms with Crippen LogP contribution in [0.5, 0.6) is 11.5 Å². The van der Waals surface area contributed by atoms with Crippen LogP contribution in [0.4, 0.5) is 0 Å². The smallest absolute Gasteiger partial charge is 0.326 e. The Morgan fingerprint density at radius 2 is 1.81 bits per heavy atom. The number of carboxylic acids is 1. The summed E-state index contributed by atoms with van der Waals surface area (Å²) in [4.78, 5) is 24.7. The molecule has 1 aromatic heterocycles. The highest BCUT2D eigenvalue weighted by Crippen LogP contribution is 2.30. The van der Waals surface area contributed by atoms with Gasteiger partial charge in [0, 0.05) is 17.4 Å². The van der Waals surface area contributed by atoms with E-state index < -0.39 is 17.9 Å². The van der Waals surface area contributed by atoms with Crippen LogP contribution < -0.4 is 14.8 Å². The summed E-state index contributed by atoms with van der Waals surface area (Å²) in [7, 11) is 1.55. The summed E-state index contributed by atoms with van der Waals surface area (Å²) in [6, 6.07) is 21.1. The number of rotatable bonds is 11. The zero-order chi connectivity index (χ0) is 25.5. The Kier molecular flexibility index (Phi) is 7.90. The SMILES string of the molecule is CCCCOc1ccccc1-c1ccc(CC(NC(=O)c2cc3cc(OC)ccc3o2)C(=O)O)cc1. The van der Waals surface area contributed by atoms with Crippen molar-refractivity contribution in [3.63, 3.8) is 0 Å². The van der Waals surface area contributed by atoms with E-state index in [1.807, 2.05) is 48.5 Å². The lowest BCUT2D eigenvalue weighted by Gasteiger charge is -2.15. The molecule has 36 heavy (non-hydrogen) atoms. The first-order valence-electron chi connectivity index (χ1n) is 11.9. The second kappa shape index (κ2) is 11.4. The molecule has 186 valence electrons. The van der Waals surface area contributed by atoms with Gasteiger partial charge in [-0.1, -0.05) is 55.8 Å². The van der Waals surface area contributed by atoms with Crippen molar-refractivity contribution in [2.75, 3.05) is 13.7 Å². The molecule has 4 aromatic rings. The Labute approximate surface area is 209 Å². The summed E-state index contributed by atoms with van der Waals surface area (Å²) in [6.45, 7) is 2.78. The van der Waals surface area contributed by atoms with Gasteiger partial charge < -0.3 is 24.3 Å². The van der Waals surface area contributed by atoms with E-state index in [1.165, 1.54) is 0 Å². The molecule has 1 amide bonds. The second-order valence-electron chi connectivity index (χ2n) is 8.48. The molecule has 7 nitrogen and oxygen atoms in total. The number of aliphatic carboxylic acids is 1. The minimum atomic E-state index is -1.13. The predicted molar refractivity (Wildman–Crippen MR) is 138 cm³/mol. The Morgan fingerprint density at radius 1 is 1.03 bits per heavy atom. The Balaban J connectivity index is 1.46. The molecule has 3 aromatic carbocycles. The van der Waals surface area contributed by atoms with Crippen molar-refractivity contribution in [1.82, 2.24) is 5.32 Å². The number of furan rings is 1. The molecule has 7 heteroatoms. The summed E-state index contributed by atoms with van der Waals surface area (Å²) in [6.07, 6.45) is 2.17. The van der Waals surface area contributed by atoms with Crippen molar-refractivity contribution in [1.29, 1.82) is 0 Å². The fourth-order valence-electron chi connectivity index (χ4n) is 3.90. The molecule has 0 spiro atoms. The van der Waals surface area contributed by atoms with Crippen LogP contribution in [0, 0.1) is 0 Å². The van der Waals surface area contributed by atoms with Crippen LogP contribution in [0.15, 0.2) is 77.2 Å². The quantitative estimate of drug-likeness (QED) is 0.263. The first-order chi connectivity index (χ1) is 17.5. The van der Waals surface area contributed by atoms with E-state index in [0.29, 0.717) is 23.3 Å². The van der Waals surface area contributed by atoms with Gasteiger partial charge in [-0.25, -0.2) is 4.79 Å². The number of unbranched alkanes of at least 4 members (excludes halogenated alkanes) is 1. The molecule has 0 bridgehead atoms. The number of fused-ring (bicyclic) bond motifs is 1. The molecule has 1 atom stereocenters.